The minimum absolute atomic E-state index is 0.208. The zero-order valence-electron chi connectivity index (χ0n) is 14.6. The molecule has 0 saturated carbocycles. The van der Waals surface area contributed by atoms with Crippen LogP contribution in [0.15, 0.2) is 53.1 Å². The van der Waals surface area contributed by atoms with Gasteiger partial charge in [-0.1, -0.05) is 41.0 Å². The fraction of sp³-hybridized carbons (Fsp3) is 0.300. The molecule has 3 aromatic rings. The summed E-state index contributed by atoms with van der Waals surface area (Å²) in [7, 11) is 0. The minimum Gasteiger partial charge on any atom is -0.379 e. The van der Waals surface area contributed by atoms with E-state index in [1.165, 1.54) is 11.6 Å². The third-order valence-corrected chi connectivity index (χ3v) is 5.01. The number of hydrogen-bond acceptors (Lipinski definition) is 5. The van der Waals surface area contributed by atoms with Gasteiger partial charge in [-0.05, 0) is 42.7 Å². The van der Waals surface area contributed by atoms with Gasteiger partial charge in [-0.3, -0.25) is 0 Å². The Labute approximate surface area is 161 Å². The molecule has 5 nitrogen and oxygen atoms in total. The van der Waals surface area contributed by atoms with Crippen LogP contribution in [0.2, 0.25) is 5.02 Å². The van der Waals surface area contributed by atoms with E-state index < -0.39 is 0 Å². The van der Waals surface area contributed by atoms with Crippen LogP contribution in [0.1, 0.15) is 17.9 Å². The second-order valence-electron chi connectivity index (χ2n) is 6.73. The van der Waals surface area contributed by atoms with Crippen molar-refractivity contribution in [2.45, 2.75) is 24.9 Å². The van der Waals surface area contributed by atoms with Crippen LogP contribution in [0.25, 0.3) is 11.4 Å². The van der Waals surface area contributed by atoms with Crippen molar-refractivity contribution in [3.63, 3.8) is 0 Å². The summed E-state index contributed by atoms with van der Waals surface area (Å²) in [6, 6.07) is 14.2. The minimum atomic E-state index is -0.374. The second kappa shape index (κ2) is 7.76. The van der Waals surface area contributed by atoms with Crippen LogP contribution >= 0.6 is 11.6 Å². The van der Waals surface area contributed by atoms with Gasteiger partial charge in [0, 0.05) is 17.2 Å². The van der Waals surface area contributed by atoms with Crippen molar-refractivity contribution in [1.29, 1.82) is 0 Å². The average molecular weight is 388 g/mol. The lowest BCUT2D eigenvalue weighted by molar-refractivity contribution is 0.163. The van der Waals surface area contributed by atoms with Gasteiger partial charge < -0.3 is 14.6 Å². The van der Waals surface area contributed by atoms with Gasteiger partial charge in [0.25, 0.3) is 0 Å². The maximum Gasteiger partial charge on any atom is 0.240 e. The zero-order chi connectivity index (χ0) is 18.7. The molecule has 1 unspecified atom stereocenters. The zero-order valence-corrected chi connectivity index (χ0v) is 15.4. The van der Waals surface area contributed by atoms with Crippen LogP contribution in [0.5, 0.6) is 0 Å². The quantitative estimate of drug-likeness (QED) is 0.692. The molecule has 1 saturated heterocycles. The lowest BCUT2D eigenvalue weighted by Crippen LogP contribution is -2.47. The highest BCUT2D eigenvalue weighted by molar-refractivity contribution is 6.30. The maximum absolute atomic E-state index is 13.9. The number of aromatic nitrogens is 2. The van der Waals surface area contributed by atoms with E-state index in [2.05, 4.69) is 15.5 Å². The Kier molecular flexibility index (Phi) is 5.20. The van der Waals surface area contributed by atoms with Gasteiger partial charge in [0.15, 0.2) is 0 Å². The molecule has 1 aliphatic rings. The molecule has 4 rings (SSSR count). The Hall–Kier alpha value is -2.28. The molecular weight excluding hydrogens is 369 g/mol. The lowest BCUT2D eigenvalue weighted by Gasteiger charge is -2.28. The number of hydrogen-bond donors (Lipinski definition) is 1. The Bertz CT molecular complexity index is 908. The Morgan fingerprint density at radius 1 is 1.15 bits per heavy atom. The van der Waals surface area contributed by atoms with Gasteiger partial charge in [0.05, 0.1) is 18.7 Å². The summed E-state index contributed by atoms with van der Waals surface area (Å²) in [5, 5.41) is 8.12. The average Bonchev–Trinajstić information content (AvgIpc) is 3.33. The largest absolute Gasteiger partial charge is 0.379 e. The SMILES string of the molecule is Fc1ccccc1-c1noc(CNC2(Cc3ccc(Cl)cc3)CCOC2)n1. The molecule has 2 heterocycles. The predicted molar refractivity (Wildman–Crippen MR) is 99.9 cm³/mol. The van der Waals surface area contributed by atoms with E-state index in [-0.39, 0.29) is 17.2 Å². The molecular formula is C20H19ClFN3O2. The monoisotopic (exact) mass is 387 g/mol. The Morgan fingerprint density at radius 3 is 2.70 bits per heavy atom. The summed E-state index contributed by atoms with van der Waals surface area (Å²) in [5.74, 6) is 0.288. The third-order valence-electron chi connectivity index (χ3n) is 4.76. The summed E-state index contributed by atoms with van der Waals surface area (Å²) in [6.07, 6.45) is 1.68. The van der Waals surface area contributed by atoms with Crippen molar-refractivity contribution in [1.82, 2.24) is 15.5 Å². The van der Waals surface area contributed by atoms with Crippen molar-refractivity contribution in [2.75, 3.05) is 13.2 Å². The number of rotatable bonds is 6. The van der Waals surface area contributed by atoms with Gasteiger partial charge in [0.2, 0.25) is 11.7 Å². The highest BCUT2D eigenvalue weighted by atomic mass is 35.5. The van der Waals surface area contributed by atoms with Crippen molar-refractivity contribution >= 4 is 11.6 Å². The standard InChI is InChI=1S/C20H19ClFN3O2/c21-15-7-5-14(6-8-15)11-20(9-10-26-13-20)23-12-18-24-19(25-27-18)16-3-1-2-4-17(16)22/h1-8,23H,9-13H2. The molecule has 1 aromatic heterocycles. The molecule has 1 aliphatic heterocycles. The van der Waals surface area contributed by atoms with E-state index in [0.717, 1.165) is 17.9 Å². The van der Waals surface area contributed by atoms with Crippen molar-refractivity contribution in [2.24, 2.45) is 0 Å². The first-order valence-corrected chi connectivity index (χ1v) is 9.16. The van der Waals surface area contributed by atoms with Crippen LogP contribution < -0.4 is 5.32 Å². The molecule has 1 atom stereocenters. The van der Waals surface area contributed by atoms with E-state index in [1.807, 2.05) is 24.3 Å². The highest BCUT2D eigenvalue weighted by Gasteiger charge is 2.35. The number of benzene rings is 2. The summed E-state index contributed by atoms with van der Waals surface area (Å²) in [4.78, 5) is 4.31. The van der Waals surface area contributed by atoms with E-state index in [9.17, 15) is 4.39 Å². The van der Waals surface area contributed by atoms with E-state index in [4.69, 9.17) is 20.9 Å². The molecule has 7 heteroatoms. The topological polar surface area (TPSA) is 60.2 Å². The fourth-order valence-electron chi connectivity index (χ4n) is 3.28. The lowest BCUT2D eigenvalue weighted by atomic mass is 9.90. The Balaban J connectivity index is 1.46. The Morgan fingerprint density at radius 2 is 1.96 bits per heavy atom. The third kappa shape index (κ3) is 4.18. The van der Waals surface area contributed by atoms with Crippen LogP contribution in [-0.4, -0.2) is 28.9 Å². The summed E-state index contributed by atoms with van der Waals surface area (Å²) in [5.41, 5.74) is 1.29. The number of halogens is 2. The maximum atomic E-state index is 13.9. The molecule has 0 radical (unpaired) electrons. The van der Waals surface area contributed by atoms with Crippen molar-refractivity contribution in [3.8, 4) is 11.4 Å². The van der Waals surface area contributed by atoms with Gasteiger partial charge in [-0.2, -0.15) is 4.98 Å². The van der Waals surface area contributed by atoms with E-state index in [0.29, 0.717) is 31.2 Å². The van der Waals surface area contributed by atoms with Crippen molar-refractivity contribution < 1.29 is 13.7 Å². The van der Waals surface area contributed by atoms with Gasteiger partial charge >= 0.3 is 0 Å². The molecule has 27 heavy (non-hydrogen) atoms. The number of ether oxygens (including phenoxy) is 1. The van der Waals surface area contributed by atoms with Gasteiger partial charge in [-0.15, -0.1) is 0 Å². The van der Waals surface area contributed by atoms with Crippen LogP contribution in [0.4, 0.5) is 4.39 Å². The van der Waals surface area contributed by atoms with Crippen molar-refractivity contribution in [3.05, 3.63) is 70.8 Å². The van der Waals surface area contributed by atoms with Crippen LogP contribution in [0.3, 0.4) is 0 Å². The first kappa shape index (κ1) is 18.1. The first-order valence-electron chi connectivity index (χ1n) is 8.78. The normalized spacial score (nSPS) is 19.5. The smallest absolute Gasteiger partial charge is 0.240 e. The summed E-state index contributed by atoms with van der Waals surface area (Å²) in [6.45, 7) is 1.69. The van der Waals surface area contributed by atoms with E-state index in [1.54, 1.807) is 18.2 Å². The van der Waals surface area contributed by atoms with Gasteiger partial charge in [-0.25, -0.2) is 4.39 Å². The van der Waals surface area contributed by atoms with E-state index >= 15 is 0 Å². The summed E-state index contributed by atoms with van der Waals surface area (Å²) >= 11 is 5.97. The molecule has 0 spiro atoms. The molecule has 0 amide bonds. The molecule has 2 aromatic carbocycles. The molecule has 0 bridgehead atoms. The molecule has 140 valence electrons. The van der Waals surface area contributed by atoms with Gasteiger partial charge in [0.1, 0.15) is 5.82 Å². The van der Waals surface area contributed by atoms with Crippen LogP contribution in [0, 0.1) is 5.82 Å². The first-order chi connectivity index (χ1) is 13.1. The highest BCUT2D eigenvalue weighted by Crippen LogP contribution is 2.25. The fourth-order valence-corrected chi connectivity index (χ4v) is 3.41. The molecule has 0 aliphatic carbocycles. The summed E-state index contributed by atoms with van der Waals surface area (Å²) < 4.78 is 24.8. The number of nitrogens with one attached hydrogen (secondary N) is 1. The second-order valence-corrected chi connectivity index (χ2v) is 7.17. The predicted octanol–water partition coefficient (Wildman–Crippen LogP) is 4.02. The molecule has 1 N–H and O–H groups in total. The number of nitrogens with zero attached hydrogens (tertiary/aromatic N) is 2. The molecule has 1 fully saturated rings. The van der Waals surface area contributed by atoms with Crippen LogP contribution in [-0.2, 0) is 17.7 Å².